The number of carbonyl (C=O) groups is 1. The van der Waals surface area contributed by atoms with E-state index >= 15 is 0 Å². The molecule has 116 valence electrons. The van der Waals surface area contributed by atoms with Crippen molar-refractivity contribution in [2.75, 3.05) is 13.1 Å². The number of nitrogens with one attached hydrogen (secondary N) is 1. The minimum Gasteiger partial charge on any atom is -0.353 e. The van der Waals surface area contributed by atoms with Gasteiger partial charge >= 0.3 is 0 Å². The van der Waals surface area contributed by atoms with E-state index in [0.717, 1.165) is 24.9 Å². The second-order valence-corrected chi connectivity index (χ2v) is 5.43. The third kappa shape index (κ3) is 3.17. The number of rotatable bonds is 5. The standard InChI is InChI=1S/C16H20N4O2/c1-2-6-14-18-13(19-22-14)11-20-10-9-17-16(21)15(20)12-7-4-3-5-8-12/h3-5,7-8,15H,2,6,9-11H2,1H3,(H,17,21). The first-order valence-corrected chi connectivity index (χ1v) is 7.66. The van der Waals surface area contributed by atoms with Crippen molar-refractivity contribution in [2.24, 2.45) is 0 Å². The van der Waals surface area contributed by atoms with Crippen LogP contribution >= 0.6 is 0 Å². The van der Waals surface area contributed by atoms with Crippen LogP contribution in [0.25, 0.3) is 0 Å². The van der Waals surface area contributed by atoms with Gasteiger partial charge < -0.3 is 9.84 Å². The van der Waals surface area contributed by atoms with Crippen LogP contribution in [0.1, 0.15) is 36.7 Å². The zero-order valence-electron chi connectivity index (χ0n) is 12.7. The van der Waals surface area contributed by atoms with Crippen LogP contribution in [0.3, 0.4) is 0 Å². The molecule has 1 saturated heterocycles. The molecule has 0 bridgehead atoms. The van der Waals surface area contributed by atoms with E-state index in [1.54, 1.807) is 0 Å². The second-order valence-electron chi connectivity index (χ2n) is 5.43. The fourth-order valence-corrected chi connectivity index (χ4v) is 2.73. The van der Waals surface area contributed by atoms with Crippen molar-refractivity contribution in [1.29, 1.82) is 0 Å². The summed E-state index contributed by atoms with van der Waals surface area (Å²) >= 11 is 0. The molecule has 1 aromatic heterocycles. The van der Waals surface area contributed by atoms with Crippen LogP contribution < -0.4 is 5.32 Å². The maximum atomic E-state index is 12.3. The summed E-state index contributed by atoms with van der Waals surface area (Å²) in [7, 11) is 0. The number of aryl methyl sites for hydroxylation is 1. The lowest BCUT2D eigenvalue weighted by Gasteiger charge is -2.34. The zero-order chi connectivity index (χ0) is 15.4. The predicted octanol–water partition coefficient (Wildman–Crippen LogP) is 1.70. The lowest BCUT2D eigenvalue weighted by molar-refractivity contribution is -0.129. The van der Waals surface area contributed by atoms with Crippen molar-refractivity contribution >= 4 is 5.91 Å². The molecule has 1 atom stereocenters. The third-order valence-electron chi connectivity index (χ3n) is 3.75. The lowest BCUT2D eigenvalue weighted by atomic mass is 10.0. The van der Waals surface area contributed by atoms with Crippen LogP contribution in [0.2, 0.25) is 0 Å². The fourth-order valence-electron chi connectivity index (χ4n) is 2.73. The Morgan fingerprint density at radius 1 is 1.36 bits per heavy atom. The predicted molar refractivity (Wildman–Crippen MR) is 80.9 cm³/mol. The number of piperazine rings is 1. The molecule has 2 heterocycles. The Morgan fingerprint density at radius 3 is 2.95 bits per heavy atom. The summed E-state index contributed by atoms with van der Waals surface area (Å²) in [4.78, 5) is 18.8. The highest BCUT2D eigenvalue weighted by atomic mass is 16.5. The molecule has 1 unspecified atom stereocenters. The maximum Gasteiger partial charge on any atom is 0.242 e. The minimum absolute atomic E-state index is 0.0229. The van der Waals surface area contributed by atoms with Crippen LogP contribution in [0, 0.1) is 0 Å². The molecule has 1 aliphatic rings. The number of benzene rings is 1. The Hall–Kier alpha value is -2.21. The van der Waals surface area contributed by atoms with E-state index in [0.29, 0.717) is 24.8 Å². The molecule has 1 amide bonds. The molecule has 22 heavy (non-hydrogen) atoms. The third-order valence-corrected chi connectivity index (χ3v) is 3.75. The van der Waals surface area contributed by atoms with E-state index in [2.05, 4.69) is 27.3 Å². The van der Waals surface area contributed by atoms with E-state index in [4.69, 9.17) is 4.52 Å². The first-order valence-electron chi connectivity index (χ1n) is 7.66. The highest BCUT2D eigenvalue weighted by Gasteiger charge is 2.31. The summed E-state index contributed by atoms with van der Waals surface area (Å²) in [5, 5.41) is 6.95. The van der Waals surface area contributed by atoms with Gasteiger partial charge in [0.1, 0.15) is 6.04 Å². The van der Waals surface area contributed by atoms with Gasteiger partial charge in [-0.05, 0) is 12.0 Å². The van der Waals surface area contributed by atoms with Crippen LogP contribution in [0.4, 0.5) is 0 Å². The van der Waals surface area contributed by atoms with Crippen LogP contribution in [-0.4, -0.2) is 34.0 Å². The first-order chi connectivity index (χ1) is 10.8. The smallest absolute Gasteiger partial charge is 0.242 e. The molecule has 0 spiro atoms. The summed E-state index contributed by atoms with van der Waals surface area (Å²) in [6.45, 7) is 4.00. The zero-order valence-corrected chi connectivity index (χ0v) is 12.7. The van der Waals surface area contributed by atoms with E-state index in [9.17, 15) is 4.79 Å². The molecular weight excluding hydrogens is 280 g/mol. The Kier molecular flexibility index (Phi) is 4.48. The van der Waals surface area contributed by atoms with Gasteiger partial charge in [0.05, 0.1) is 6.54 Å². The monoisotopic (exact) mass is 300 g/mol. The van der Waals surface area contributed by atoms with Gasteiger partial charge in [0, 0.05) is 19.5 Å². The van der Waals surface area contributed by atoms with Crippen molar-refractivity contribution < 1.29 is 9.32 Å². The van der Waals surface area contributed by atoms with Crippen molar-refractivity contribution in [3.05, 3.63) is 47.6 Å². The lowest BCUT2D eigenvalue weighted by Crippen LogP contribution is -2.49. The molecule has 0 aliphatic carbocycles. The summed E-state index contributed by atoms with van der Waals surface area (Å²) in [6, 6.07) is 9.49. The fraction of sp³-hybridized carbons (Fsp3) is 0.438. The summed E-state index contributed by atoms with van der Waals surface area (Å²) in [5.74, 6) is 1.32. The van der Waals surface area contributed by atoms with Gasteiger partial charge in [-0.1, -0.05) is 42.4 Å². The largest absolute Gasteiger partial charge is 0.353 e. The van der Waals surface area contributed by atoms with E-state index in [1.807, 2.05) is 30.3 Å². The van der Waals surface area contributed by atoms with E-state index < -0.39 is 0 Å². The van der Waals surface area contributed by atoms with Gasteiger partial charge in [-0.25, -0.2) is 0 Å². The Bertz CT molecular complexity index is 626. The number of hydrogen-bond acceptors (Lipinski definition) is 5. The average molecular weight is 300 g/mol. The summed E-state index contributed by atoms with van der Waals surface area (Å²) < 4.78 is 5.23. The number of hydrogen-bond donors (Lipinski definition) is 1. The van der Waals surface area contributed by atoms with Crippen molar-refractivity contribution in [2.45, 2.75) is 32.4 Å². The molecule has 1 aromatic carbocycles. The molecule has 6 heteroatoms. The quantitative estimate of drug-likeness (QED) is 0.910. The SMILES string of the molecule is CCCc1nc(CN2CCNC(=O)C2c2ccccc2)no1. The first kappa shape index (κ1) is 14.7. The maximum absolute atomic E-state index is 12.3. The Morgan fingerprint density at radius 2 is 2.18 bits per heavy atom. The number of amides is 1. The van der Waals surface area contributed by atoms with Gasteiger partial charge in [-0.15, -0.1) is 0 Å². The van der Waals surface area contributed by atoms with Crippen LogP contribution in [0.15, 0.2) is 34.9 Å². The minimum atomic E-state index is -0.303. The van der Waals surface area contributed by atoms with Gasteiger partial charge in [0.15, 0.2) is 5.82 Å². The molecule has 1 N–H and O–H groups in total. The number of carbonyl (C=O) groups excluding carboxylic acids is 1. The molecule has 1 fully saturated rings. The molecule has 3 rings (SSSR count). The molecule has 1 aliphatic heterocycles. The van der Waals surface area contributed by atoms with Crippen molar-refractivity contribution in [3.63, 3.8) is 0 Å². The summed E-state index contributed by atoms with van der Waals surface area (Å²) in [5.41, 5.74) is 0.983. The summed E-state index contributed by atoms with van der Waals surface area (Å²) in [6.07, 6.45) is 1.76. The van der Waals surface area contributed by atoms with Crippen molar-refractivity contribution in [1.82, 2.24) is 20.4 Å². The number of aromatic nitrogens is 2. The second kappa shape index (κ2) is 6.70. The highest BCUT2D eigenvalue weighted by molar-refractivity contribution is 5.83. The van der Waals surface area contributed by atoms with Gasteiger partial charge in [0.25, 0.3) is 0 Å². The van der Waals surface area contributed by atoms with Gasteiger partial charge in [-0.2, -0.15) is 4.98 Å². The van der Waals surface area contributed by atoms with Gasteiger partial charge in [0.2, 0.25) is 11.8 Å². The molecule has 0 saturated carbocycles. The average Bonchev–Trinajstić information content (AvgIpc) is 2.96. The molecular formula is C16H20N4O2. The Labute approximate surface area is 129 Å². The normalized spacial score (nSPS) is 19.1. The van der Waals surface area contributed by atoms with E-state index in [1.165, 1.54) is 0 Å². The van der Waals surface area contributed by atoms with E-state index in [-0.39, 0.29) is 11.9 Å². The molecule has 0 radical (unpaired) electrons. The molecule has 6 nitrogen and oxygen atoms in total. The van der Waals surface area contributed by atoms with Crippen LogP contribution in [0.5, 0.6) is 0 Å². The van der Waals surface area contributed by atoms with Crippen LogP contribution in [-0.2, 0) is 17.8 Å². The highest BCUT2D eigenvalue weighted by Crippen LogP contribution is 2.24. The molecule has 2 aromatic rings. The van der Waals surface area contributed by atoms with Crippen molar-refractivity contribution in [3.8, 4) is 0 Å². The number of nitrogens with zero attached hydrogens (tertiary/aromatic N) is 3. The topological polar surface area (TPSA) is 71.3 Å². The Balaban J connectivity index is 1.78. The van der Waals surface area contributed by atoms with Gasteiger partial charge in [-0.3, -0.25) is 9.69 Å².